The highest BCUT2D eigenvalue weighted by atomic mass is 19.1. The van der Waals surface area contributed by atoms with E-state index < -0.39 is 0 Å². The molecule has 0 heterocycles. The fraction of sp³-hybridized carbons (Fsp3) is 0.364. The van der Waals surface area contributed by atoms with Crippen LogP contribution in [0.25, 0.3) is 0 Å². The topological polar surface area (TPSA) is 26.3 Å². The Morgan fingerprint density at radius 1 is 1.36 bits per heavy atom. The molecule has 0 saturated heterocycles. The summed E-state index contributed by atoms with van der Waals surface area (Å²) in [6, 6.07) is 5.55. The third-order valence-corrected chi connectivity index (χ3v) is 1.84. The number of ether oxygens (including phenoxy) is 1. The van der Waals surface area contributed by atoms with Crippen molar-refractivity contribution >= 4 is 5.78 Å². The van der Waals surface area contributed by atoms with Gasteiger partial charge in [0, 0.05) is 18.6 Å². The number of rotatable bonds is 5. The molecule has 0 aliphatic heterocycles. The summed E-state index contributed by atoms with van der Waals surface area (Å²) in [5.74, 6) is -0.343. The number of ketones is 1. The number of hydrogen-bond donors (Lipinski definition) is 0. The molecule has 1 aromatic carbocycles. The lowest BCUT2D eigenvalue weighted by Crippen LogP contribution is -2.04. The predicted molar refractivity (Wildman–Crippen MR) is 51.8 cm³/mol. The standard InChI is InChI=1S/C11H13FO2/c1-2-14-8-7-11(13)9-3-5-10(12)6-4-9/h3-6H,2,7-8H2,1H3. The van der Waals surface area contributed by atoms with Gasteiger partial charge < -0.3 is 4.74 Å². The fourth-order valence-corrected chi connectivity index (χ4v) is 1.09. The largest absolute Gasteiger partial charge is 0.381 e. The van der Waals surface area contributed by atoms with E-state index in [9.17, 15) is 9.18 Å². The van der Waals surface area contributed by atoms with Crippen LogP contribution in [0.1, 0.15) is 23.7 Å². The predicted octanol–water partition coefficient (Wildman–Crippen LogP) is 2.44. The van der Waals surface area contributed by atoms with Crippen LogP contribution < -0.4 is 0 Å². The van der Waals surface area contributed by atoms with Crippen LogP contribution in [0.15, 0.2) is 24.3 Å². The SMILES string of the molecule is CCOCCC(=O)c1ccc(F)cc1. The minimum atomic E-state index is -0.327. The molecule has 14 heavy (non-hydrogen) atoms. The number of halogens is 1. The molecule has 1 aromatic rings. The molecule has 0 fully saturated rings. The molecule has 0 spiro atoms. The van der Waals surface area contributed by atoms with Gasteiger partial charge >= 0.3 is 0 Å². The first kappa shape index (κ1) is 10.9. The van der Waals surface area contributed by atoms with Crippen LogP contribution in [-0.2, 0) is 4.74 Å². The summed E-state index contributed by atoms with van der Waals surface area (Å²) in [4.78, 5) is 11.4. The Morgan fingerprint density at radius 2 is 2.00 bits per heavy atom. The molecule has 0 aliphatic rings. The molecule has 0 bridgehead atoms. The summed E-state index contributed by atoms with van der Waals surface area (Å²) in [5, 5.41) is 0. The maximum atomic E-state index is 12.5. The maximum absolute atomic E-state index is 12.5. The van der Waals surface area contributed by atoms with Crippen LogP contribution in [0, 0.1) is 5.82 Å². The fourth-order valence-electron chi connectivity index (χ4n) is 1.09. The van der Waals surface area contributed by atoms with Crippen molar-refractivity contribution in [3.05, 3.63) is 35.6 Å². The van der Waals surface area contributed by atoms with Crippen molar-refractivity contribution in [2.24, 2.45) is 0 Å². The first-order chi connectivity index (χ1) is 6.74. The van der Waals surface area contributed by atoms with Gasteiger partial charge in [-0.25, -0.2) is 4.39 Å². The second kappa shape index (κ2) is 5.50. The zero-order valence-corrected chi connectivity index (χ0v) is 8.13. The van der Waals surface area contributed by atoms with Crippen molar-refractivity contribution in [3.8, 4) is 0 Å². The lowest BCUT2D eigenvalue weighted by molar-refractivity contribution is 0.0896. The van der Waals surface area contributed by atoms with Crippen molar-refractivity contribution < 1.29 is 13.9 Å². The lowest BCUT2D eigenvalue weighted by atomic mass is 10.1. The quantitative estimate of drug-likeness (QED) is 0.534. The summed E-state index contributed by atoms with van der Waals surface area (Å²) < 4.78 is 17.6. The number of Topliss-reactive ketones (excluding diaryl/α,β-unsaturated/α-hetero) is 1. The molecule has 76 valence electrons. The Hall–Kier alpha value is -1.22. The van der Waals surface area contributed by atoms with Crippen molar-refractivity contribution in [2.45, 2.75) is 13.3 Å². The first-order valence-corrected chi connectivity index (χ1v) is 4.60. The van der Waals surface area contributed by atoms with E-state index in [1.807, 2.05) is 6.92 Å². The average Bonchev–Trinajstić information content (AvgIpc) is 2.19. The molecular weight excluding hydrogens is 183 g/mol. The summed E-state index contributed by atoms with van der Waals surface area (Å²) in [6.45, 7) is 2.91. The van der Waals surface area contributed by atoms with E-state index in [4.69, 9.17) is 4.74 Å². The highest BCUT2D eigenvalue weighted by Gasteiger charge is 2.04. The van der Waals surface area contributed by atoms with Gasteiger partial charge in [-0.1, -0.05) is 0 Å². The second-order valence-corrected chi connectivity index (χ2v) is 2.88. The van der Waals surface area contributed by atoms with E-state index in [1.54, 1.807) is 0 Å². The summed E-state index contributed by atoms with van der Waals surface area (Å²) in [7, 11) is 0. The van der Waals surface area contributed by atoms with Gasteiger partial charge in [-0.2, -0.15) is 0 Å². The third kappa shape index (κ3) is 3.26. The van der Waals surface area contributed by atoms with E-state index in [0.717, 1.165) is 0 Å². The number of carbonyl (C=O) groups excluding carboxylic acids is 1. The summed E-state index contributed by atoms with van der Waals surface area (Å²) in [6.07, 6.45) is 0.347. The Bertz CT molecular complexity index is 293. The minimum absolute atomic E-state index is 0.0153. The Balaban J connectivity index is 2.48. The van der Waals surface area contributed by atoms with Gasteiger partial charge in [-0.15, -0.1) is 0 Å². The normalized spacial score (nSPS) is 10.1. The van der Waals surface area contributed by atoms with Gasteiger partial charge in [0.2, 0.25) is 0 Å². The molecule has 0 aromatic heterocycles. The smallest absolute Gasteiger partial charge is 0.165 e. The van der Waals surface area contributed by atoms with Crippen molar-refractivity contribution in [1.29, 1.82) is 0 Å². The van der Waals surface area contributed by atoms with Gasteiger partial charge in [0.15, 0.2) is 5.78 Å². The van der Waals surface area contributed by atoms with Crippen LogP contribution in [-0.4, -0.2) is 19.0 Å². The molecule has 0 amide bonds. The molecule has 0 atom stereocenters. The van der Waals surface area contributed by atoms with Gasteiger partial charge in [0.1, 0.15) is 5.82 Å². The van der Waals surface area contributed by atoms with Crippen LogP contribution in [0.4, 0.5) is 4.39 Å². The molecule has 3 heteroatoms. The molecule has 0 radical (unpaired) electrons. The molecule has 0 N–H and O–H groups in total. The third-order valence-electron chi connectivity index (χ3n) is 1.84. The van der Waals surface area contributed by atoms with Crippen LogP contribution in [0.2, 0.25) is 0 Å². The van der Waals surface area contributed by atoms with E-state index in [0.29, 0.717) is 25.2 Å². The van der Waals surface area contributed by atoms with Gasteiger partial charge in [0.05, 0.1) is 6.61 Å². The van der Waals surface area contributed by atoms with Crippen molar-refractivity contribution in [1.82, 2.24) is 0 Å². The van der Waals surface area contributed by atoms with Crippen molar-refractivity contribution in [2.75, 3.05) is 13.2 Å². The highest BCUT2D eigenvalue weighted by Crippen LogP contribution is 2.05. The first-order valence-electron chi connectivity index (χ1n) is 4.60. The summed E-state index contributed by atoms with van der Waals surface area (Å²) in [5.41, 5.74) is 0.533. The van der Waals surface area contributed by atoms with E-state index in [2.05, 4.69) is 0 Å². The van der Waals surface area contributed by atoms with E-state index in [1.165, 1.54) is 24.3 Å². The Morgan fingerprint density at radius 3 is 2.57 bits per heavy atom. The highest BCUT2D eigenvalue weighted by molar-refractivity contribution is 5.96. The average molecular weight is 196 g/mol. The van der Waals surface area contributed by atoms with Crippen LogP contribution in [0.3, 0.4) is 0 Å². The van der Waals surface area contributed by atoms with E-state index >= 15 is 0 Å². The number of benzene rings is 1. The maximum Gasteiger partial charge on any atom is 0.165 e. The summed E-state index contributed by atoms with van der Waals surface area (Å²) >= 11 is 0. The molecule has 1 rings (SSSR count). The van der Waals surface area contributed by atoms with Gasteiger partial charge in [-0.05, 0) is 31.2 Å². The lowest BCUT2D eigenvalue weighted by Gasteiger charge is -2.01. The molecule has 0 saturated carbocycles. The number of hydrogen-bond acceptors (Lipinski definition) is 2. The van der Waals surface area contributed by atoms with Gasteiger partial charge in [0.25, 0.3) is 0 Å². The molecule has 0 aliphatic carbocycles. The Labute approximate surface area is 82.7 Å². The minimum Gasteiger partial charge on any atom is -0.381 e. The van der Waals surface area contributed by atoms with Crippen molar-refractivity contribution in [3.63, 3.8) is 0 Å². The zero-order chi connectivity index (χ0) is 10.4. The molecule has 0 unspecified atom stereocenters. The van der Waals surface area contributed by atoms with Gasteiger partial charge in [-0.3, -0.25) is 4.79 Å². The molecular formula is C11H13FO2. The molecule has 2 nitrogen and oxygen atoms in total. The second-order valence-electron chi connectivity index (χ2n) is 2.88. The Kier molecular flexibility index (Phi) is 4.26. The van der Waals surface area contributed by atoms with Crippen LogP contribution in [0.5, 0.6) is 0 Å². The van der Waals surface area contributed by atoms with Crippen LogP contribution >= 0.6 is 0 Å². The monoisotopic (exact) mass is 196 g/mol. The zero-order valence-electron chi connectivity index (χ0n) is 8.13. The van der Waals surface area contributed by atoms with E-state index in [-0.39, 0.29) is 11.6 Å². The number of carbonyl (C=O) groups is 1.